The lowest BCUT2D eigenvalue weighted by Gasteiger charge is -2.17. The van der Waals surface area contributed by atoms with Gasteiger partial charge in [-0.25, -0.2) is 0 Å². The van der Waals surface area contributed by atoms with Gasteiger partial charge in [0, 0.05) is 17.0 Å². The maximum absolute atomic E-state index is 6.26. The summed E-state index contributed by atoms with van der Waals surface area (Å²) in [6.07, 6.45) is 2.14. The predicted octanol–water partition coefficient (Wildman–Crippen LogP) is 4.93. The van der Waals surface area contributed by atoms with E-state index in [-0.39, 0.29) is 0 Å². The first-order valence-corrected chi connectivity index (χ1v) is 12.3. The SMILES string of the molecule is Cc1c(-c2c3ccc([Si](C)(C)C)cc3cc[n+]2C)oc2ccccc12. The Balaban J connectivity index is 2.03. The molecule has 0 N–H and O–H groups in total. The molecule has 2 heterocycles. The molecule has 25 heavy (non-hydrogen) atoms. The lowest BCUT2D eigenvalue weighted by molar-refractivity contribution is -0.659. The molecule has 0 amide bonds. The Kier molecular flexibility index (Phi) is 3.58. The first kappa shape index (κ1) is 16.1. The first-order valence-electron chi connectivity index (χ1n) is 8.77. The number of furan rings is 1. The zero-order valence-electron chi connectivity index (χ0n) is 15.6. The van der Waals surface area contributed by atoms with Crippen LogP contribution >= 0.6 is 0 Å². The average molecular weight is 347 g/mol. The first-order chi connectivity index (χ1) is 11.9. The Bertz CT molecular complexity index is 1100. The maximum atomic E-state index is 6.26. The van der Waals surface area contributed by atoms with Crippen LogP contribution < -0.4 is 9.75 Å². The molecule has 0 fully saturated rings. The van der Waals surface area contributed by atoms with E-state index < -0.39 is 8.07 Å². The normalized spacial score (nSPS) is 12.2. The molecule has 0 aliphatic carbocycles. The van der Waals surface area contributed by atoms with Crippen LogP contribution in [0.5, 0.6) is 0 Å². The van der Waals surface area contributed by atoms with E-state index in [4.69, 9.17) is 4.42 Å². The van der Waals surface area contributed by atoms with Crippen molar-refractivity contribution in [1.82, 2.24) is 0 Å². The quantitative estimate of drug-likeness (QED) is 0.371. The highest BCUT2D eigenvalue weighted by atomic mass is 28.3. The third-order valence-corrected chi connectivity index (χ3v) is 7.10. The van der Waals surface area contributed by atoms with Crippen LogP contribution in [0.1, 0.15) is 5.56 Å². The fourth-order valence-corrected chi connectivity index (χ4v) is 4.69. The minimum absolute atomic E-state index is 0.950. The van der Waals surface area contributed by atoms with Crippen molar-refractivity contribution in [2.24, 2.45) is 7.05 Å². The van der Waals surface area contributed by atoms with E-state index in [0.717, 1.165) is 17.0 Å². The van der Waals surface area contributed by atoms with Gasteiger partial charge < -0.3 is 4.42 Å². The van der Waals surface area contributed by atoms with Gasteiger partial charge in [-0.05, 0) is 24.4 Å². The number of para-hydroxylation sites is 1. The van der Waals surface area contributed by atoms with E-state index in [1.165, 1.54) is 26.9 Å². The second-order valence-electron chi connectivity index (χ2n) is 7.88. The van der Waals surface area contributed by atoms with Crippen molar-refractivity contribution >= 4 is 35.0 Å². The molecule has 0 bridgehead atoms. The summed E-state index contributed by atoms with van der Waals surface area (Å²) in [7, 11) is 0.763. The third-order valence-electron chi connectivity index (χ3n) is 5.06. The van der Waals surface area contributed by atoms with Gasteiger partial charge >= 0.3 is 0 Å². The molecule has 0 aliphatic rings. The number of nitrogens with zero attached hydrogens (tertiary/aromatic N) is 1. The van der Waals surface area contributed by atoms with Crippen LogP contribution in [0.15, 0.2) is 59.1 Å². The van der Waals surface area contributed by atoms with Crippen molar-refractivity contribution in [1.29, 1.82) is 0 Å². The van der Waals surface area contributed by atoms with Crippen LogP contribution in [0, 0.1) is 6.92 Å². The van der Waals surface area contributed by atoms with Crippen LogP contribution in [-0.2, 0) is 7.05 Å². The zero-order valence-corrected chi connectivity index (χ0v) is 16.6. The minimum atomic E-state index is -1.33. The lowest BCUT2D eigenvalue weighted by atomic mass is 10.0. The van der Waals surface area contributed by atoms with E-state index in [0.29, 0.717) is 0 Å². The number of benzene rings is 2. The standard InChI is InChI=1S/C22H24NOSi/c1-15-18-8-6-7-9-20(18)24-22(15)21-19-11-10-17(25(3,4)5)14-16(19)12-13-23(21)2/h6-14H,1-5H3/q+1. The average Bonchev–Trinajstić information content (AvgIpc) is 2.90. The molecule has 0 aliphatic heterocycles. The van der Waals surface area contributed by atoms with E-state index in [9.17, 15) is 0 Å². The number of hydrogen-bond donors (Lipinski definition) is 0. The van der Waals surface area contributed by atoms with E-state index >= 15 is 0 Å². The number of aromatic nitrogens is 1. The van der Waals surface area contributed by atoms with E-state index in [1.807, 2.05) is 12.1 Å². The van der Waals surface area contributed by atoms with Crippen LogP contribution in [0.25, 0.3) is 33.2 Å². The highest BCUT2D eigenvalue weighted by molar-refractivity contribution is 6.88. The predicted molar refractivity (Wildman–Crippen MR) is 108 cm³/mol. The number of fused-ring (bicyclic) bond motifs is 2. The molecule has 2 aromatic heterocycles. The van der Waals surface area contributed by atoms with Gasteiger partial charge in [-0.1, -0.05) is 55.2 Å². The summed E-state index contributed by atoms with van der Waals surface area (Å²) in [5, 5.41) is 5.20. The molecule has 0 saturated heterocycles. The molecule has 0 radical (unpaired) electrons. The van der Waals surface area contributed by atoms with Gasteiger partial charge in [-0.15, -0.1) is 0 Å². The fraction of sp³-hybridized carbons (Fsp3) is 0.227. The Morgan fingerprint density at radius 3 is 2.40 bits per heavy atom. The second kappa shape index (κ2) is 5.56. The van der Waals surface area contributed by atoms with Crippen molar-refractivity contribution in [3.05, 3.63) is 60.3 Å². The Labute approximate surface area is 149 Å². The molecule has 0 unspecified atom stereocenters. The maximum Gasteiger partial charge on any atom is 0.256 e. The number of rotatable bonds is 2. The molecule has 3 heteroatoms. The molecule has 4 aromatic rings. The summed E-state index contributed by atoms with van der Waals surface area (Å²) >= 11 is 0. The Morgan fingerprint density at radius 2 is 1.68 bits per heavy atom. The minimum Gasteiger partial charge on any atom is -0.449 e. The van der Waals surface area contributed by atoms with Crippen LogP contribution in [0.3, 0.4) is 0 Å². The fourth-order valence-electron chi connectivity index (χ4n) is 3.52. The van der Waals surface area contributed by atoms with E-state index in [1.54, 1.807) is 0 Å². The lowest BCUT2D eigenvalue weighted by Crippen LogP contribution is -2.37. The third kappa shape index (κ3) is 2.59. The van der Waals surface area contributed by atoms with Crippen LogP contribution in [-0.4, -0.2) is 8.07 Å². The molecule has 0 saturated carbocycles. The summed E-state index contributed by atoms with van der Waals surface area (Å²) in [6, 6.07) is 17.4. The monoisotopic (exact) mass is 346 g/mol. The van der Waals surface area contributed by atoms with Crippen LogP contribution in [0.2, 0.25) is 19.6 Å². The molecule has 126 valence electrons. The smallest absolute Gasteiger partial charge is 0.256 e. The highest BCUT2D eigenvalue weighted by Gasteiger charge is 2.24. The van der Waals surface area contributed by atoms with E-state index in [2.05, 4.69) is 80.8 Å². The van der Waals surface area contributed by atoms with Gasteiger partial charge in [0.15, 0.2) is 6.20 Å². The van der Waals surface area contributed by atoms with Gasteiger partial charge in [-0.3, -0.25) is 0 Å². The summed E-state index contributed by atoms with van der Waals surface area (Å²) in [4.78, 5) is 0. The van der Waals surface area contributed by atoms with Gasteiger partial charge in [0.1, 0.15) is 12.6 Å². The van der Waals surface area contributed by atoms with Crippen molar-refractivity contribution in [2.45, 2.75) is 26.6 Å². The van der Waals surface area contributed by atoms with Gasteiger partial charge in [0.25, 0.3) is 5.69 Å². The molecule has 4 rings (SSSR count). The largest absolute Gasteiger partial charge is 0.449 e. The molecule has 0 atom stereocenters. The summed E-state index contributed by atoms with van der Waals surface area (Å²) in [5.41, 5.74) is 3.30. The Morgan fingerprint density at radius 1 is 0.920 bits per heavy atom. The zero-order chi connectivity index (χ0) is 17.8. The molecule has 2 nitrogen and oxygen atoms in total. The van der Waals surface area contributed by atoms with Crippen molar-refractivity contribution < 1.29 is 8.98 Å². The topological polar surface area (TPSA) is 17.0 Å². The Hall–Kier alpha value is -2.39. The summed E-state index contributed by atoms with van der Waals surface area (Å²) < 4.78 is 8.43. The number of pyridine rings is 1. The van der Waals surface area contributed by atoms with Gasteiger partial charge in [0.05, 0.1) is 13.5 Å². The summed E-state index contributed by atoms with van der Waals surface area (Å²) in [6.45, 7) is 9.32. The highest BCUT2D eigenvalue weighted by Crippen LogP contribution is 2.34. The summed E-state index contributed by atoms with van der Waals surface area (Å²) in [5.74, 6) is 0.968. The number of aryl methyl sites for hydroxylation is 2. The van der Waals surface area contributed by atoms with Crippen molar-refractivity contribution in [3.8, 4) is 11.5 Å². The molecule has 0 spiro atoms. The number of hydrogen-bond acceptors (Lipinski definition) is 1. The van der Waals surface area contributed by atoms with Crippen LogP contribution in [0.4, 0.5) is 0 Å². The molecular formula is C22H24NOSi+. The van der Waals surface area contributed by atoms with Gasteiger partial charge in [-0.2, -0.15) is 4.57 Å². The van der Waals surface area contributed by atoms with Gasteiger partial charge in [0.2, 0.25) is 5.76 Å². The second-order valence-corrected chi connectivity index (χ2v) is 13.0. The molecular weight excluding hydrogens is 322 g/mol. The van der Waals surface area contributed by atoms with Crippen molar-refractivity contribution in [3.63, 3.8) is 0 Å². The molecule has 2 aromatic carbocycles. The van der Waals surface area contributed by atoms with Crippen molar-refractivity contribution in [2.75, 3.05) is 0 Å².